The quantitative estimate of drug-likeness (QED) is 0.267. The van der Waals surface area contributed by atoms with Crippen molar-refractivity contribution in [2.75, 3.05) is 31.3 Å². The highest BCUT2D eigenvalue weighted by atomic mass is 32.2. The maximum atomic E-state index is 13.1. The van der Waals surface area contributed by atoms with Crippen LogP contribution < -0.4 is 10.0 Å². The molecule has 0 bridgehead atoms. The van der Waals surface area contributed by atoms with Gasteiger partial charge in [0.05, 0.1) is 12.9 Å². The summed E-state index contributed by atoms with van der Waals surface area (Å²) in [5.41, 5.74) is 4.48. The molecule has 3 aromatic rings. The Kier molecular flexibility index (Phi) is 11.3. The van der Waals surface area contributed by atoms with Crippen molar-refractivity contribution in [1.82, 2.24) is 9.62 Å². The van der Waals surface area contributed by atoms with Gasteiger partial charge in [0, 0.05) is 17.8 Å². The number of carbonyl (C=O) groups excluding carboxylic acids is 2. The predicted octanol–water partition coefficient (Wildman–Crippen LogP) is 5.12. The molecule has 1 saturated heterocycles. The lowest BCUT2D eigenvalue weighted by Gasteiger charge is -2.32. The summed E-state index contributed by atoms with van der Waals surface area (Å²) in [5.74, 6) is -0.459. The topological polar surface area (TPSA) is 105 Å². The van der Waals surface area contributed by atoms with E-state index in [9.17, 15) is 18.0 Å². The Morgan fingerprint density at radius 3 is 2.33 bits per heavy atom. The van der Waals surface area contributed by atoms with Gasteiger partial charge in [-0.3, -0.25) is 14.5 Å². The van der Waals surface area contributed by atoms with Gasteiger partial charge in [0.2, 0.25) is 10.0 Å². The van der Waals surface area contributed by atoms with Crippen molar-refractivity contribution in [1.29, 1.82) is 0 Å². The van der Waals surface area contributed by atoms with E-state index in [4.69, 9.17) is 4.74 Å². The van der Waals surface area contributed by atoms with Crippen molar-refractivity contribution in [3.63, 3.8) is 0 Å². The first-order valence-electron chi connectivity index (χ1n) is 14.6. The molecule has 1 unspecified atom stereocenters. The molecule has 1 amide bonds. The Hall–Kier alpha value is -3.53. The summed E-state index contributed by atoms with van der Waals surface area (Å²) < 4.78 is 32.0. The van der Waals surface area contributed by atoms with Crippen LogP contribution in [-0.4, -0.2) is 57.2 Å². The van der Waals surface area contributed by atoms with Crippen LogP contribution in [0.1, 0.15) is 65.6 Å². The summed E-state index contributed by atoms with van der Waals surface area (Å²) in [4.78, 5) is 27.8. The smallest absolute Gasteiger partial charge is 0.324 e. The number of hydrogen-bond donors (Lipinski definition) is 2. The minimum atomic E-state index is -3.61. The van der Waals surface area contributed by atoms with Gasteiger partial charge in [0.25, 0.3) is 5.91 Å². The maximum absolute atomic E-state index is 13.1. The minimum Gasteiger partial charge on any atom is -0.468 e. The van der Waals surface area contributed by atoms with E-state index in [1.54, 1.807) is 24.3 Å². The van der Waals surface area contributed by atoms with Gasteiger partial charge in [-0.2, -0.15) is 0 Å². The molecule has 8 nitrogen and oxygen atoms in total. The molecule has 1 aliphatic heterocycles. The molecular weight excluding hydrogens is 550 g/mol. The first kappa shape index (κ1) is 31.4. The zero-order valence-corrected chi connectivity index (χ0v) is 25.2. The van der Waals surface area contributed by atoms with E-state index in [1.165, 1.54) is 18.2 Å². The second-order valence-corrected chi connectivity index (χ2v) is 12.8. The molecule has 224 valence electrons. The number of hydrogen-bond acceptors (Lipinski definition) is 6. The third-order valence-corrected chi connectivity index (χ3v) is 9.15. The van der Waals surface area contributed by atoms with Crippen LogP contribution in [0.25, 0.3) is 0 Å². The van der Waals surface area contributed by atoms with E-state index in [0.29, 0.717) is 23.6 Å². The van der Waals surface area contributed by atoms with Crippen molar-refractivity contribution >= 4 is 27.6 Å². The fourth-order valence-corrected chi connectivity index (χ4v) is 6.69. The molecule has 1 atom stereocenters. The second-order valence-electron chi connectivity index (χ2n) is 10.9. The number of benzene rings is 3. The average molecular weight is 592 g/mol. The Bertz CT molecular complexity index is 1420. The van der Waals surface area contributed by atoms with Crippen molar-refractivity contribution in [2.24, 2.45) is 0 Å². The molecule has 1 fully saturated rings. The summed E-state index contributed by atoms with van der Waals surface area (Å²) in [7, 11) is -2.38. The maximum Gasteiger partial charge on any atom is 0.324 e. The molecule has 4 rings (SSSR count). The number of sulfonamides is 1. The largest absolute Gasteiger partial charge is 0.468 e. The van der Waals surface area contributed by atoms with Gasteiger partial charge in [-0.1, -0.05) is 67.9 Å². The SMILES string of the molecule is CCCCS(=O)(=O)NC(Cc1ccc(NC(=O)c2cccc(C3CCN(Cc4ccccc4)CC3)c2)cc1)C(=O)OC. The van der Waals surface area contributed by atoms with Gasteiger partial charge >= 0.3 is 5.97 Å². The molecule has 3 aromatic carbocycles. The van der Waals surface area contributed by atoms with Gasteiger partial charge < -0.3 is 10.1 Å². The Morgan fingerprint density at radius 1 is 0.952 bits per heavy atom. The van der Waals surface area contributed by atoms with Gasteiger partial charge in [-0.05, 0) is 85.6 Å². The molecule has 42 heavy (non-hydrogen) atoms. The van der Waals surface area contributed by atoms with Crippen LogP contribution in [0.15, 0.2) is 78.9 Å². The molecule has 0 saturated carbocycles. The number of methoxy groups -OCH3 is 1. The molecule has 0 aliphatic carbocycles. The minimum absolute atomic E-state index is 0.0450. The average Bonchev–Trinajstić information content (AvgIpc) is 3.01. The molecule has 1 aliphatic rings. The molecule has 2 N–H and O–H groups in total. The normalized spacial score (nSPS) is 15.2. The van der Waals surface area contributed by atoms with Crippen LogP contribution in [0.2, 0.25) is 0 Å². The van der Waals surface area contributed by atoms with Crippen molar-refractivity contribution in [3.05, 3.63) is 101 Å². The fourth-order valence-electron chi connectivity index (χ4n) is 5.29. The summed E-state index contributed by atoms with van der Waals surface area (Å²) in [6.07, 6.45) is 3.49. The van der Waals surface area contributed by atoms with Crippen molar-refractivity contribution < 1.29 is 22.7 Å². The summed E-state index contributed by atoms with van der Waals surface area (Å²) in [6, 6.07) is 24.4. The van der Waals surface area contributed by atoms with Crippen LogP contribution in [0, 0.1) is 0 Å². The number of ether oxygens (including phenoxy) is 1. The number of nitrogens with zero attached hydrogens (tertiary/aromatic N) is 1. The monoisotopic (exact) mass is 591 g/mol. The number of carbonyl (C=O) groups is 2. The third kappa shape index (κ3) is 9.24. The lowest BCUT2D eigenvalue weighted by atomic mass is 9.88. The number of anilines is 1. The standard InChI is InChI=1S/C33H41N3O5S/c1-3-4-21-42(39,40)35-31(33(38)41-2)22-25-13-15-30(16-14-25)34-32(37)29-12-8-11-28(23-29)27-17-19-36(20-18-27)24-26-9-6-5-7-10-26/h5-16,23,27,31,35H,3-4,17-22,24H2,1-2H3,(H,34,37). The molecule has 0 spiro atoms. The summed E-state index contributed by atoms with van der Waals surface area (Å²) in [6.45, 7) is 4.92. The van der Waals surface area contributed by atoms with E-state index in [2.05, 4.69) is 45.3 Å². The summed E-state index contributed by atoms with van der Waals surface area (Å²) >= 11 is 0. The van der Waals surface area contributed by atoms with Crippen LogP contribution in [0.5, 0.6) is 0 Å². The number of rotatable bonds is 13. The third-order valence-electron chi connectivity index (χ3n) is 7.68. The van der Waals surface area contributed by atoms with E-state index in [0.717, 1.165) is 44.5 Å². The van der Waals surface area contributed by atoms with E-state index >= 15 is 0 Å². The molecule has 1 heterocycles. The number of amides is 1. The van der Waals surface area contributed by atoms with E-state index in [-0.39, 0.29) is 18.1 Å². The first-order valence-corrected chi connectivity index (χ1v) is 16.3. The first-order chi connectivity index (χ1) is 20.3. The van der Waals surface area contributed by atoms with Crippen LogP contribution in [-0.2, 0) is 32.5 Å². The lowest BCUT2D eigenvalue weighted by molar-refractivity contribution is -0.142. The van der Waals surface area contributed by atoms with Crippen molar-refractivity contribution in [3.8, 4) is 0 Å². The second kappa shape index (κ2) is 15.1. The fraction of sp³-hybridized carbons (Fsp3) is 0.394. The van der Waals surface area contributed by atoms with Gasteiger partial charge in [-0.15, -0.1) is 0 Å². The molecular formula is C33H41N3O5S. The zero-order valence-electron chi connectivity index (χ0n) is 24.4. The Labute approximate surface area is 249 Å². The van der Waals surface area contributed by atoms with Crippen LogP contribution in [0.3, 0.4) is 0 Å². The number of unbranched alkanes of at least 4 members (excludes halogenated alkanes) is 1. The Balaban J connectivity index is 1.32. The van der Waals surface area contributed by atoms with Crippen LogP contribution in [0.4, 0.5) is 5.69 Å². The van der Waals surface area contributed by atoms with Crippen molar-refractivity contribution in [2.45, 2.75) is 57.5 Å². The van der Waals surface area contributed by atoms with E-state index in [1.807, 2.05) is 31.2 Å². The van der Waals surface area contributed by atoms with Gasteiger partial charge in [0.15, 0.2) is 0 Å². The highest BCUT2D eigenvalue weighted by Crippen LogP contribution is 2.29. The highest BCUT2D eigenvalue weighted by molar-refractivity contribution is 7.89. The molecule has 0 aromatic heterocycles. The zero-order chi connectivity index (χ0) is 30.0. The number of nitrogens with one attached hydrogen (secondary N) is 2. The van der Waals surface area contributed by atoms with Crippen LogP contribution >= 0.6 is 0 Å². The highest BCUT2D eigenvalue weighted by Gasteiger charge is 2.25. The van der Waals surface area contributed by atoms with E-state index < -0.39 is 22.0 Å². The Morgan fingerprint density at radius 2 is 1.67 bits per heavy atom. The number of piperidine rings is 1. The van der Waals surface area contributed by atoms with Gasteiger partial charge in [-0.25, -0.2) is 13.1 Å². The predicted molar refractivity (Wildman–Crippen MR) is 166 cm³/mol. The molecule has 9 heteroatoms. The molecule has 0 radical (unpaired) electrons. The summed E-state index contributed by atoms with van der Waals surface area (Å²) in [5, 5.41) is 2.95. The lowest BCUT2D eigenvalue weighted by Crippen LogP contribution is -2.43. The van der Waals surface area contributed by atoms with Gasteiger partial charge in [0.1, 0.15) is 6.04 Å². The number of likely N-dealkylation sites (tertiary alicyclic amines) is 1. The number of esters is 1.